The second kappa shape index (κ2) is 6.57. The summed E-state index contributed by atoms with van der Waals surface area (Å²) in [6.07, 6.45) is 3.96. The standard InChI is InChI=1S/C14H18ClN3/c1-17-10-14(9-16-17)12-18(8-7-15)11-13-5-3-2-4-6-13/h2-6,9-10H,7-8,11-12H2,1H3. The first-order valence-electron chi connectivity index (χ1n) is 6.07. The van der Waals surface area contributed by atoms with Crippen molar-refractivity contribution < 1.29 is 0 Å². The van der Waals surface area contributed by atoms with E-state index in [1.54, 1.807) is 0 Å². The Morgan fingerprint density at radius 2 is 1.89 bits per heavy atom. The Labute approximate surface area is 113 Å². The number of halogens is 1. The van der Waals surface area contributed by atoms with Crippen LogP contribution in [0.3, 0.4) is 0 Å². The van der Waals surface area contributed by atoms with E-state index in [-0.39, 0.29) is 0 Å². The van der Waals surface area contributed by atoms with Gasteiger partial charge in [0.2, 0.25) is 0 Å². The van der Waals surface area contributed by atoms with E-state index in [2.05, 4.69) is 34.3 Å². The Kier molecular flexibility index (Phi) is 4.79. The van der Waals surface area contributed by atoms with Gasteiger partial charge in [-0.1, -0.05) is 30.3 Å². The number of rotatable bonds is 6. The lowest BCUT2D eigenvalue weighted by Crippen LogP contribution is -2.24. The van der Waals surface area contributed by atoms with Crippen LogP contribution in [0.2, 0.25) is 0 Å². The summed E-state index contributed by atoms with van der Waals surface area (Å²) in [5.41, 5.74) is 2.53. The molecule has 1 heterocycles. The smallest absolute Gasteiger partial charge is 0.0534 e. The molecule has 4 heteroatoms. The van der Waals surface area contributed by atoms with Crippen molar-refractivity contribution in [1.82, 2.24) is 14.7 Å². The first kappa shape index (κ1) is 13.1. The molecule has 96 valence electrons. The fourth-order valence-corrected chi connectivity index (χ4v) is 2.23. The van der Waals surface area contributed by atoms with Gasteiger partial charge in [0.05, 0.1) is 6.20 Å². The highest BCUT2D eigenvalue weighted by molar-refractivity contribution is 6.18. The Hall–Kier alpha value is -1.32. The van der Waals surface area contributed by atoms with E-state index in [0.717, 1.165) is 19.6 Å². The minimum absolute atomic E-state index is 0.646. The van der Waals surface area contributed by atoms with Crippen LogP contribution in [0, 0.1) is 0 Å². The van der Waals surface area contributed by atoms with Gasteiger partial charge in [-0.25, -0.2) is 0 Å². The van der Waals surface area contributed by atoms with E-state index in [1.807, 2.05) is 30.2 Å². The molecule has 0 spiro atoms. The normalized spacial score (nSPS) is 11.1. The van der Waals surface area contributed by atoms with Crippen LogP contribution in [0.4, 0.5) is 0 Å². The predicted molar refractivity (Wildman–Crippen MR) is 74.5 cm³/mol. The molecule has 1 aromatic heterocycles. The summed E-state index contributed by atoms with van der Waals surface area (Å²) in [7, 11) is 1.94. The predicted octanol–water partition coefficient (Wildman–Crippen LogP) is 2.66. The van der Waals surface area contributed by atoms with Crippen molar-refractivity contribution in [2.45, 2.75) is 13.1 Å². The Bertz CT molecular complexity index is 467. The average molecular weight is 264 g/mol. The van der Waals surface area contributed by atoms with E-state index < -0.39 is 0 Å². The average Bonchev–Trinajstić information content (AvgIpc) is 2.76. The van der Waals surface area contributed by atoms with Crippen LogP contribution in [0.1, 0.15) is 11.1 Å². The lowest BCUT2D eigenvalue weighted by atomic mass is 10.2. The molecule has 0 aliphatic heterocycles. The molecule has 18 heavy (non-hydrogen) atoms. The van der Waals surface area contributed by atoms with Crippen LogP contribution in [0.5, 0.6) is 0 Å². The van der Waals surface area contributed by atoms with Crippen molar-refractivity contribution in [3.63, 3.8) is 0 Å². The Balaban J connectivity index is 1.99. The van der Waals surface area contributed by atoms with E-state index in [9.17, 15) is 0 Å². The van der Waals surface area contributed by atoms with Crippen molar-refractivity contribution in [3.8, 4) is 0 Å². The summed E-state index contributed by atoms with van der Waals surface area (Å²) < 4.78 is 1.83. The van der Waals surface area contributed by atoms with Gasteiger partial charge < -0.3 is 0 Å². The number of aryl methyl sites for hydroxylation is 1. The highest BCUT2D eigenvalue weighted by Crippen LogP contribution is 2.09. The van der Waals surface area contributed by atoms with Gasteiger partial charge in [-0.05, 0) is 5.56 Å². The molecule has 0 aliphatic rings. The molecule has 2 aromatic rings. The van der Waals surface area contributed by atoms with Crippen LogP contribution in [-0.4, -0.2) is 27.1 Å². The van der Waals surface area contributed by atoms with Crippen LogP contribution in [0.15, 0.2) is 42.7 Å². The van der Waals surface area contributed by atoms with Gasteiger partial charge in [0.15, 0.2) is 0 Å². The van der Waals surface area contributed by atoms with Gasteiger partial charge in [0, 0.05) is 44.3 Å². The number of alkyl halides is 1. The monoisotopic (exact) mass is 263 g/mol. The van der Waals surface area contributed by atoms with E-state index >= 15 is 0 Å². The zero-order chi connectivity index (χ0) is 12.8. The summed E-state index contributed by atoms with van der Waals surface area (Å²) in [6, 6.07) is 10.5. The summed E-state index contributed by atoms with van der Waals surface area (Å²) in [4.78, 5) is 2.33. The maximum atomic E-state index is 5.87. The molecule has 0 saturated heterocycles. The molecule has 3 nitrogen and oxygen atoms in total. The second-order valence-electron chi connectivity index (χ2n) is 4.41. The number of nitrogens with zero attached hydrogens (tertiary/aromatic N) is 3. The maximum absolute atomic E-state index is 5.87. The van der Waals surface area contributed by atoms with Crippen LogP contribution < -0.4 is 0 Å². The molecule has 0 amide bonds. The lowest BCUT2D eigenvalue weighted by Gasteiger charge is -2.20. The van der Waals surface area contributed by atoms with E-state index in [0.29, 0.717) is 5.88 Å². The molecule has 0 atom stereocenters. The molecule has 0 N–H and O–H groups in total. The highest BCUT2D eigenvalue weighted by Gasteiger charge is 2.07. The summed E-state index contributed by atoms with van der Waals surface area (Å²) in [5, 5.41) is 4.19. The van der Waals surface area contributed by atoms with Crippen LogP contribution in [-0.2, 0) is 20.1 Å². The zero-order valence-electron chi connectivity index (χ0n) is 10.6. The molecule has 0 radical (unpaired) electrons. The lowest BCUT2D eigenvalue weighted by molar-refractivity contribution is 0.273. The summed E-state index contributed by atoms with van der Waals surface area (Å²) >= 11 is 5.87. The molecule has 2 rings (SSSR count). The van der Waals surface area contributed by atoms with E-state index in [1.165, 1.54) is 11.1 Å². The molecular weight excluding hydrogens is 246 g/mol. The third-order valence-electron chi connectivity index (χ3n) is 2.81. The van der Waals surface area contributed by atoms with Gasteiger partial charge >= 0.3 is 0 Å². The zero-order valence-corrected chi connectivity index (χ0v) is 11.3. The highest BCUT2D eigenvalue weighted by atomic mass is 35.5. The third-order valence-corrected chi connectivity index (χ3v) is 2.98. The van der Waals surface area contributed by atoms with Gasteiger partial charge in [0.1, 0.15) is 0 Å². The summed E-state index contributed by atoms with van der Waals surface area (Å²) in [5.74, 6) is 0.646. The molecule has 1 aromatic carbocycles. The number of hydrogen-bond donors (Lipinski definition) is 0. The minimum atomic E-state index is 0.646. The van der Waals surface area contributed by atoms with Crippen LogP contribution >= 0.6 is 11.6 Å². The van der Waals surface area contributed by atoms with Gasteiger partial charge in [-0.2, -0.15) is 5.10 Å². The van der Waals surface area contributed by atoms with Crippen molar-refractivity contribution in [1.29, 1.82) is 0 Å². The number of hydrogen-bond acceptors (Lipinski definition) is 2. The van der Waals surface area contributed by atoms with E-state index in [4.69, 9.17) is 11.6 Å². The van der Waals surface area contributed by atoms with Crippen molar-refractivity contribution in [2.24, 2.45) is 7.05 Å². The quantitative estimate of drug-likeness (QED) is 0.747. The minimum Gasteiger partial charge on any atom is -0.294 e. The summed E-state index contributed by atoms with van der Waals surface area (Å²) in [6.45, 7) is 2.68. The fourth-order valence-electron chi connectivity index (χ4n) is 1.99. The molecular formula is C14H18ClN3. The first-order chi connectivity index (χ1) is 8.78. The molecule has 0 aliphatic carbocycles. The number of aromatic nitrogens is 2. The molecule has 0 bridgehead atoms. The molecule has 0 unspecified atom stereocenters. The second-order valence-corrected chi connectivity index (χ2v) is 4.79. The fraction of sp³-hybridized carbons (Fsp3) is 0.357. The molecule has 0 saturated carbocycles. The Morgan fingerprint density at radius 3 is 2.50 bits per heavy atom. The van der Waals surface area contributed by atoms with Gasteiger partial charge in [0.25, 0.3) is 0 Å². The Morgan fingerprint density at radius 1 is 1.17 bits per heavy atom. The van der Waals surface area contributed by atoms with Gasteiger partial charge in [-0.3, -0.25) is 9.58 Å². The topological polar surface area (TPSA) is 21.1 Å². The van der Waals surface area contributed by atoms with Crippen molar-refractivity contribution in [3.05, 3.63) is 53.9 Å². The van der Waals surface area contributed by atoms with Gasteiger partial charge in [-0.15, -0.1) is 11.6 Å². The van der Waals surface area contributed by atoms with Crippen LogP contribution in [0.25, 0.3) is 0 Å². The largest absolute Gasteiger partial charge is 0.294 e. The SMILES string of the molecule is Cn1cc(CN(CCCl)Cc2ccccc2)cn1. The maximum Gasteiger partial charge on any atom is 0.0534 e. The first-order valence-corrected chi connectivity index (χ1v) is 6.61. The third kappa shape index (κ3) is 3.86. The van der Waals surface area contributed by atoms with Crippen molar-refractivity contribution in [2.75, 3.05) is 12.4 Å². The molecule has 0 fully saturated rings. The van der Waals surface area contributed by atoms with Crippen molar-refractivity contribution >= 4 is 11.6 Å². The number of benzene rings is 1.